The van der Waals surface area contributed by atoms with Crippen molar-refractivity contribution >= 4 is 70.0 Å². The van der Waals surface area contributed by atoms with E-state index in [1.54, 1.807) is 36.5 Å². The van der Waals surface area contributed by atoms with E-state index in [9.17, 15) is 28.8 Å². The lowest BCUT2D eigenvalue weighted by molar-refractivity contribution is -0.149. The smallest absolute Gasteiger partial charge is 0.246 e. The van der Waals surface area contributed by atoms with E-state index in [0.29, 0.717) is 29.7 Å². The molecular formula is C53H75N15O9. The molecule has 24 heteroatoms. The van der Waals surface area contributed by atoms with Crippen molar-refractivity contribution in [3.63, 3.8) is 0 Å². The number of carbonyl (C=O) groups excluding carboxylic acids is 9. The number of aromatic nitrogens is 3. The first-order valence-corrected chi connectivity index (χ1v) is 25.9. The summed E-state index contributed by atoms with van der Waals surface area (Å²) in [5, 5.41) is 14.4. The lowest BCUT2D eigenvalue weighted by atomic mass is 9.99. The first kappa shape index (κ1) is 59.6. The monoisotopic (exact) mass is 1070 g/mol. The molecule has 9 amide bonds. The number of benzene rings is 2. The van der Waals surface area contributed by atoms with E-state index >= 15 is 14.4 Å². The van der Waals surface area contributed by atoms with Gasteiger partial charge in [-0.05, 0) is 55.7 Å². The fraction of sp³-hybridized carbons (Fsp3) is 0.491. The fourth-order valence-electron chi connectivity index (χ4n) is 9.33. The van der Waals surface area contributed by atoms with Crippen molar-refractivity contribution in [2.24, 2.45) is 22.2 Å². The molecule has 0 spiro atoms. The molecule has 0 radical (unpaired) electrons. The predicted molar refractivity (Wildman–Crippen MR) is 288 cm³/mol. The van der Waals surface area contributed by atoms with Crippen LogP contribution in [0, 0.1) is 0 Å². The normalized spacial score (nSPS) is 21.4. The minimum Gasteiger partial charge on any atom is -0.370 e. The molecule has 1 fully saturated rings. The van der Waals surface area contributed by atoms with Gasteiger partial charge in [0.25, 0.3) is 0 Å². The van der Waals surface area contributed by atoms with E-state index in [0.717, 1.165) is 15.8 Å². The van der Waals surface area contributed by atoms with Crippen LogP contribution in [0.25, 0.3) is 10.9 Å². The van der Waals surface area contributed by atoms with Gasteiger partial charge in [0, 0.05) is 89.4 Å². The second-order valence-electron chi connectivity index (χ2n) is 19.4. The van der Waals surface area contributed by atoms with Crippen molar-refractivity contribution in [3.8, 4) is 0 Å². The number of fused-ring (bicyclic) bond motifs is 1. The van der Waals surface area contributed by atoms with Crippen LogP contribution in [0.5, 0.6) is 0 Å². The highest BCUT2D eigenvalue weighted by Gasteiger charge is 2.40. The Bertz CT molecular complexity index is 2690. The molecule has 5 rings (SSSR count). The number of likely N-dealkylation sites (N-methyl/N-ethyl adjacent to an activating group) is 3. The Labute approximate surface area is 447 Å². The first-order valence-electron chi connectivity index (χ1n) is 25.9. The quantitative estimate of drug-likeness (QED) is 0.0373. The van der Waals surface area contributed by atoms with Gasteiger partial charge in [0.2, 0.25) is 53.2 Å². The number of nitrogens with zero attached hydrogens (tertiary/aromatic N) is 5. The average molecular weight is 1070 g/mol. The second kappa shape index (κ2) is 29.1. The molecular weight excluding hydrogens is 991 g/mol. The summed E-state index contributed by atoms with van der Waals surface area (Å²) in [5.74, 6) is -6.64. The van der Waals surface area contributed by atoms with Crippen molar-refractivity contribution in [1.29, 1.82) is 0 Å². The molecule has 24 nitrogen and oxygen atoms in total. The minimum absolute atomic E-state index is 0.0208. The molecule has 1 aliphatic heterocycles. The van der Waals surface area contributed by atoms with Crippen LogP contribution >= 0.6 is 0 Å². The van der Waals surface area contributed by atoms with Crippen LogP contribution in [-0.4, -0.2) is 165 Å². The third kappa shape index (κ3) is 17.4. The number of guanidine groups is 1. The maximum Gasteiger partial charge on any atom is 0.246 e. The maximum absolute atomic E-state index is 15.2. The highest BCUT2D eigenvalue weighted by molar-refractivity contribution is 5.99. The predicted octanol–water partition coefficient (Wildman–Crippen LogP) is -0.222. The number of hydrogen-bond acceptors (Lipinski definition) is 11. The summed E-state index contributed by atoms with van der Waals surface area (Å²) in [5.41, 5.74) is 19.8. The van der Waals surface area contributed by atoms with Gasteiger partial charge in [-0.3, -0.25) is 48.1 Å². The summed E-state index contributed by atoms with van der Waals surface area (Å²) in [6, 6.07) is 7.07. The van der Waals surface area contributed by atoms with E-state index < -0.39 is 102 Å². The Hall–Kier alpha value is -8.31. The van der Waals surface area contributed by atoms with Crippen molar-refractivity contribution in [1.82, 2.24) is 56.2 Å². The van der Waals surface area contributed by atoms with E-state index in [-0.39, 0.29) is 76.8 Å². The summed E-state index contributed by atoms with van der Waals surface area (Å²) in [4.78, 5) is 146. The van der Waals surface area contributed by atoms with Crippen LogP contribution < -0.4 is 43.8 Å². The molecule has 7 atom stereocenters. The molecule has 416 valence electrons. The van der Waals surface area contributed by atoms with Crippen LogP contribution in [-0.2, 0) is 62.4 Å². The Morgan fingerprint density at radius 2 is 1.48 bits per heavy atom. The number of nitrogens with one attached hydrogen (secondary N) is 7. The van der Waals surface area contributed by atoms with Crippen LogP contribution in [0.1, 0.15) is 88.5 Å². The Balaban J connectivity index is 1.62. The Kier molecular flexibility index (Phi) is 22.5. The maximum atomic E-state index is 15.2. The highest BCUT2D eigenvalue weighted by atomic mass is 16.2. The SMILES string of the molecule is CCCC[C@H](NC(C)=O)C(=O)N[C@H]1CC(=O)NCCCC[C@@H](C(N)=O)N(C)C(=O)[C@H](Cc2c[nH]c3ccccc23)N(C)C(=O)[C@H](CCCN=C(N)N)NC(=O)[C@@H](Cc2ccccc2)N(C)C(=O)[C@H](Cc2cnc[nH]2)NC1=O. The molecule has 1 saturated heterocycles. The van der Waals surface area contributed by atoms with Gasteiger partial charge >= 0.3 is 0 Å². The first-order chi connectivity index (χ1) is 36.8. The number of rotatable bonds is 17. The van der Waals surface area contributed by atoms with E-state index in [2.05, 4.69) is 46.5 Å². The lowest BCUT2D eigenvalue weighted by Gasteiger charge is -2.36. The third-order valence-electron chi connectivity index (χ3n) is 13.7. The summed E-state index contributed by atoms with van der Waals surface area (Å²) in [7, 11) is 4.24. The fourth-order valence-corrected chi connectivity index (χ4v) is 9.33. The molecule has 2 aromatic heterocycles. The molecule has 77 heavy (non-hydrogen) atoms. The summed E-state index contributed by atoms with van der Waals surface area (Å²) in [6.07, 6.45) is 5.96. The number of aliphatic imine (C=N–C) groups is 1. The number of imidazole rings is 1. The van der Waals surface area contributed by atoms with Crippen LogP contribution in [0.2, 0.25) is 0 Å². The number of unbranched alkanes of at least 4 members (excludes halogenated alkanes) is 1. The van der Waals surface area contributed by atoms with Crippen molar-refractivity contribution in [3.05, 3.63) is 90.1 Å². The number of H-pyrrole nitrogens is 2. The molecule has 4 aromatic rings. The van der Waals surface area contributed by atoms with Gasteiger partial charge in [0.05, 0.1) is 12.7 Å². The van der Waals surface area contributed by atoms with Crippen LogP contribution in [0.15, 0.2) is 78.3 Å². The molecule has 0 saturated carbocycles. The van der Waals surface area contributed by atoms with Gasteiger partial charge in [0.1, 0.15) is 42.3 Å². The molecule has 0 unspecified atom stereocenters. The highest BCUT2D eigenvalue weighted by Crippen LogP contribution is 2.23. The number of carbonyl (C=O) groups is 9. The topological polar surface area (TPSA) is 358 Å². The number of aromatic amines is 2. The van der Waals surface area contributed by atoms with Gasteiger partial charge in [-0.1, -0.05) is 68.3 Å². The number of nitrogens with two attached hydrogens (primary N) is 3. The lowest BCUT2D eigenvalue weighted by Crippen LogP contribution is -2.61. The van der Waals surface area contributed by atoms with Crippen LogP contribution in [0.3, 0.4) is 0 Å². The zero-order valence-corrected chi connectivity index (χ0v) is 44.5. The van der Waals surface area contributed by atoms with E-state index in [1.807, 2.05) is 31.2 Å². The van der Waals surface area contributed by atoms with Crippen molar-refractivity contribution in [2.45, 2.75) is 133 Å². The standard InChI is InChI=1S/C53H75N15O9/c1-6-7-19-38(62-32(2)69)47(72)64-40-28-45(70)58-23-14-13-22-42(46(54)71)66(3)52(77)44(26-34-29-60-37-20-12-11-18-36(34)37)68(5)50(75)39(21-15-24-59-53(55)56)63-49(74)43(25-33-16-9-8-10-17-33)67(4)51(76)41(65-48(40)73)27-35-30-57-31-61-35/h8-12,16-18,20,29-31,38-44,60H,6-7,13-15,19,21-28H2,1-5H3,(H2,54,71)(H,57,61)(H,58,70)(H,62,69)(H,63,74)(H,64,72)(H,65,73)(H4,55,56,59)/t38-,39-,40-,41-,42-,43+,44-/m0/s1. The van der Waals surface area contributed by atoms with Gasteiger partial charge in [-0.25, -0.2) is 4.98 Å². The Morgan fingerprint density at radius 1 is 0.792 bits per heavy atom. The van der Waals surface area contributed by atoms with Gasteiger partial charge in [-0.2, -0.15) is 0 Å². The molecule has 0 bridgehead atoms. The zero-order chi connectivity index (χ0) is 56.2. The molecule has 3 heterocycles. The molecule has 1 aliphatic rings. The number of para-hydroxylation sites is 1. The van der Waals surface area contributed by atoms with E-state index in [4.69, 9.17) is 17.2 Å². The third-order valence-corrected chi connectivity index (χ3v) is 13.7. The van der Waals surface area contributed by atoms with Crippen molar-refractivity contribution in [2.75, 3.05) is 34.2 Å². The molecule has 2 aromatic carbocycles. The Morgan fingerprint density at radius 3 is 2.16 bits per heavy atom. The zero-order valence-electron chi connectivity index (χ0n) is 44.5. The average Bonchev–Trinajstić information content (AvgIpc) is 4.09. The van der Waals surface area contributed by atoms with Gasteiger partial charge in [0.15, 0.2) is 5.96 Å². The largest absolute Gasteiger partial charge is 0.370 e. The van der Waals surface area contributed by atoms with Gasteiger partial charge < -0.3 is 68.5 Å². The molecule has 0 aliphatic carbocycles. The summed E-state index contributed by atoms with van der Waals surface area (Å²) >= 11 is 0. The molecule has 13 N–H and O–H groups in total. The van der Waals surface area contributed by atoms with Crippen molar-refractivity contribution < 1.29 is 43.2 Å². The summed E-state index contributed by atoms with van der Waals surface area (Å²) in [6.45, 7) is 3.28. The summed E-state index contributed by atoms with van der Waals surface area (Å²) < 4.78 is 0. The number of amides is 9. The van der Waals surface area contributed by atoms with E-state index in [1.165, 1.54) is 50.4 Å². The number of hydrogen-bond donors (Lipinski definition) is 10. The second-order valence-corrected chi connectivity index (χ2v) is 19.4. The van der Waals surface area contributed by atoms with Gasteiger partial charge in [-0.15, -0.1) is 0 Å². The minimum atomic E-state index is -1.58. The van der Waals surface area contributed by atoms with Crippen LogP contribution in [0.4, 0.5) is 0 Å². The number of primary amides is 1.